The Balaban J connectivity index is 0.000000129. The van der Waals surface area contributed by atoms with Gasteiger partial charge in [0.2, 0.25) is 0 Å². The van der Waals surface area contributed by atoms with Gasteiger partial charge in [-0.1, -0.05) is 198 Å². The summed E-state index contributed by atoms with van der Waals surface area (Å²) < 4.78 is 0. The van der Waals surface area contributed by atoms with Crippen molar-refractivity contribution in [1.82, 2.24) is 0 Å². The van der Waals surface area contributed by atoms with Crippen molar-refractivity contribution < 1.29 is 0 Å². The first-order valence-corrected chi connectivity index (χ1v) is 35.1. The van der Waals surface area contributed by atoms with Gasteiger partial charge in [-0.15, -0.1) is 0 Å². The first kappa shape index (κ1) is 61.4. The lowest BCUT2D eigenvalue weighted by atomic mass is 9.68. The third kappa shape index (κ3) is 18.4. The molecule has 4 aromatic rings. The molecule has 0 heteroatoms. The summed E-state index contributed by atoms with van der Waals surface area (Å²) in [4.78, 5) is 0. The Morgan fingerprint density at radius 1 is 0.175 bits per heavy atom. The van der Waals surface area contributed by atoms with Gasteiger partial charge >= 0.3 is 0 Å². The maximum atomic E-state index is 2.44. The van der Waals surface area contributed by atoms with Crippen LogP contribution >= 0.6 is 0 Å². The van der Waals surface area contributed by atoms with Crippen LogP contribution in [0.4, 0.5) is 0 Å². The van der Waals surface area contributed by atoms with Gasteiger partial charge in [-0.25, -0.2) is 0 Å². The molecule has 4 aromatic carbocycles. The van der Waals surface area contributed by atoms with Gasteiger partial charge < -0.3 is 0 Å². The molecule has 0 aliphatic heterocycles. The lowest BCUT2D eigenvalue weighted by Crippen LogP contribution is -2.24. The van der Waals surface area contributed by atoms with Crippen molar-refractivity contribution in [2.45, 2.75) is 285 Å². The average Bonchev–Trinajstić information content (AvgIpc) is 3.50. The minimum absolute atomic E-state index is 0.842. The van der Waals surface area contributed by atoms with E-state index in [0.29, 0.717) is 0 Å². The van der Waals surface area contributed by atoms with Crippen molar-refractivity contribution in [3.05, 3.63) is 142 Å². The molecule has 0 unspecified atom stereocenters. The first-order chi connectivity index (χ1) is 38.9. The van der Waals surface area contributed by atoms with Gasteiger partial charge in [0.1, 0.15) is 0 Å². The molecule has 0 heterocycles. The van der Waals surface area contributed by atoms with Crippen LogP contribution in [0, 0.1) is 98.7 Å². The molecule has 0 N–H and O–H groups in total. The predicted octanol–water partition coefficient (Wildman–Crippen LogP) is 24.4. The summed E-state index contributed by atoms with van der Waals surface area (Å²) in [6.45, 7) is 18.5. The molecule has 440 valence electrons. The molecule has 0 radical (unpaired) electrons. The van der Waals surface area contributed by atoms with Crippen LogP contribution in [0.5, 0.6) is 0 Å². The van der Waals surface area contributed by atoms with Crippen molar-refractivity contribution in [1.29, 1.82) is 0 Å². The quantitative estimate of drug-likeness (QED) is 0.165. The molecule has 0 aromatic heterocycles. The van der Waals surface area contributed by atoms with E-state index < -0.39 is 0 Å². The zero-order valence-electron chi connectivity index (χ0n) is 53.1. The van der Waals surface area contributed by atoms with Crippen LogP contribution in [0.1, 0.15) is 301 Å². The van der Waals surface area contributed by atoms with Gasteiger partial charge in [0.25, 0.3) is 0 Å². The Morgan fingerprint density at radius 3 is 0.438 bits per heavy atom. The maximum absolute atomic E-state index is 2.44. The van der Waals surface area contributed by atoms with Crippen LogP contribution in [0.25, 0.3) is 0 Å². The minimum Gasteiger partial charge on any atom is -0.0625 e. The zero-order valence-corrected chi connectivity index (χ0v) is 53.1. The van der Waals surface area contributed by atoms with Crippen molar-refractivity contribution in [2.75, 3.05) is 0 Å². The number of hydrogen-bond acceptors (Lipinski definition) is 0. The fraction of sp³-hybridized carbons (Fsp3) is 0.700. The van der Waals surface area contributed by atoms with Gasteiger partial charge in [-0.05, 0) is 299 Å². The molecule has 0 atom stereocenters. The molecule has 0 spiro atoms. The third-order valence-electron chi connectivity index (χ3n) is 24.2. The number of aryl methyl sites for hydroxylation is 4. The summed E-state index contributed by atoms with van der Waals surface area (Å²) in [7, 11) is 0. The SMILES string of the molecule is Cc1ccc(C2CCC(C3CCC(C)CC3)CC2)cc1.Cc1ccc(C2CCC(C3CCC(C)CC3)CC2)cc1.Cc1ccc(C2CCC(C3CCC(C)CC3)CC2)cc1.Cc1ccc(C2CCC(C3CCC(C)CC3)CC2)cc1. The predicted molar refractivity (Wildman–Crippen MR) is 348 cm³/mol. The smallest absolute Gasteiger partial charge is 0.0162 e. The van der Waals surface area contributed by atoms with Crippen LogP contribution in [0.3, 0.4) is 0 Å². The molecular weight excluding hydrogens is 961 g/mol. The Labute approximate surface area is 494 Å². The lowest BCUT2D eigenvalue weighted by molar-refractivity contribution is 0.165. The molecule has 8 fully saturated rings. The molecular formula is C80H120. The normalized spacial score (nSPS) is 34.9. The van der Waals surface area contributed by atoms with Crippen molar-refractivity contribution >= 4 is 0 Å². The summed E-state index contributed by atoms with van der Waals surface area (Å²) >= 11 is 0. The minimum atomic E-state index is 0.842. The van der Waals surface area contributed by atoms with E-state index in [4.69, 9.17) is 0 Å². The van der Waals surface area contributed by atoms with Crippen LogP contribution < -0.4 is 0 Å². The van der Waals surface area contributed by atoms with Gasteiger partial charge in [0.15, 0.2) is 0 Å². The van der Waals surface area contributed by atoms with Crippen LogP contribution in [0.15, 0.2) is 97.1 Å². The highest BCUT2D eigenvalue weighted by Gasteiger charge is 2.34. The second-order valence-corrected chi connectivity index (χ2v) is 30.2. The van der Waals surface area contributed by atoms with E-state index >= 15 is 0 Å². The molecule has 0 bridgehead atoms. The van der Waals surface area contributed by atoms with Gasteiger partial charge in [0, 0.05) is 0 Å². The van der Waals surface area contributed by atoms with E-state index in [1.54, 1.807) is 22.3 Å². The monoisotopic (exact) mass is 1080 g/mol. The summed E-state index contributed by atoms with van der Waals surface area (Å²) in [6.07, 6.45) is 47.3. The standard InChI is InChI=1S/4C20H30/c4*1-15-3-7-17(8-4-15)19-11-13-20(14-12-19)18-9-5-16(2)6-10-18/h4*3-4,7-8,16,18-20H,5-6,9-14H2,1-2H3. The fourth-order valence-electron chi connectivity index (χ4n) is 18.1. The summed E-state index contributed by atoms with van der Waals surface area (Å²) in [5.41, 5.74) is 11.9. The second-order valence-electron chi connectivity index (χ2n) is 30.2. The molecule has 8 saturated carbocycles. The highest BCUT2D eigenvalue weighted by atomic mass is 14.4. The first-order valence-electron chi connectivity index (χ1n) is 35.1. The Hall–Kier alpha value is -3.12. The molecule has 0 saturated heterocycles. The fourth-order valence-corrected chi connectivity index (χ4v) is 18.1. The molecule has 80 heavy (non-hydrogen) atoms. The molecule has 12 rings (SSSR count). The van der Waals surface area contributed by atoms with E-state index in [1.807, 2.05) is 0 Å². The van der Waals surface area contributed by atoms with Crippen LogP contribution in [-0.2, 0) is 0 Å². The van der Waals surface area contributed by atoms with Crippen molar-refractivity contribution in [2.24, 2.45) is 71.0 Å². The molecule has 8 aliphatic carbocycles. The number of benzene rings is 4. The molecule has 8 aliphatic rings. The highest BCUT2D eigenvalue weighted by Crippen LogP contribution is 2.48. The van der Waals surface area contributed by atoms with Crippen molar-refractivity contribution in [3.63, 3.8) is 0 Å². The van der Waals surface area contributed by atoms with Crippen LogP contribution in [-0.4, -0.2) is 0 Å². The van der Waals surface area contributed by atoms with Crippen LogP contribution in [0.2, 0.25) is 0 Å². The molecule has 0 nitrogen and oxygen atoms in total. The Kier molecular flexibility index (Phi) is 23.9. The lowest BCUT2D eigenvalue weighted by Gasteiger charge is -2.37. The highest BCUT2D eigenvalue weighted by molar-refractivity contribution is 5.28. The molecule has 0 amide bonds. The summed E-state index contributed by atoms with van der Waals surface area (Å²) in [6, 6.07) is 37.2. The summed E-state index contributed by atoms with van der Waals surface area (Å²) in [5.74, 6) is 15.8. The van der Waals surface area contributed by atoms with Crippen molar-refractivity contribution in [3.8, 4) is 0 Å². The van der Waals surface area contributed by atoms with E-state index in [-0.39, 0.29) is 0 Å². The number of hydrogen-bond donors (Lipinski definition) is 0. The summed E-state index contributed by atoms with van der Waals surface area (Å²) in [5, 5.41) is 0. The van der Waals surface area contributed by atoms with Gasteiger partial charge in [0.05, 0.1) is 0 Å². The third-order valence-corrected chi connectivity index (χ3v) is 24.2. The average molecular weight is 1080 g/mol. The Bertz CT molecular complexity index is 1930. The zero-order chi connectivity index (χ0) is 55.8. The van der Waals surface area contributed by atoms with E-state index in [2.05, 4.69) is 152 Å². The Morgan fingerprint density at radius 2 is 0.300 bits per heavy atom. The van der Waals surface area contributed by atoms with E-state index in [9.17, 15) is 0 Å². The topological polar surface area (TPSA) is 0 Å². The van der Waals surface area contributed by atoms with Gasteiger partial charge in [-0.2, -0.15) is 0 Å². The van der Waals surface area contributed by atoms with Gasteiger partial charge in [-0.3, -0.25) is 0 Å². The largest absolute Gasteiger partial charge is 0.0625 e. The van der Waals surface area contributed by atoms with E-state index in [1.165, 1.54) is 228 Å². The second kappa shape index (κ2) is 31.1. The van der Waals surface area contributed by atoms with E-state index in [0.717, 1.165) is 94.7 Å². The number of rotatable bonds is 8. The maximum Gasteiger partial charge on any atom is -0.0162 e.